The molecule has 1 aromatic carbocycles. The molecule has 1 amide bonds. The molecule has 0 spiro atoms. The second kappa shape index (κ2) is 4.86. The summed E-state index contributed by atoms with van der Waals surface area (Å²) in [6, 6.07) is 4.83. The van der Waals surface area contributed by atoms with Gasteiger partial charge in [0.25, 0.3) is 5.91 Å². The molecular weight excluding hydrogens is 217 g/mol. The standard InChI is InChI=1S/C14H18FNO/c1-10(2)12-6-5-11(9-13(12)15)14(17)16-7-3-4-8-16/h5-6,9-10H,3-4,7-8H2,1-2H3. The molecule has 1 heterocycles. The summed E-state index contributed by atoms with van der Waals surface area (Å²) in [5.74, 6) is -0.173. The highest BCUT2D eigenvalue weighted by atomic mass is 19.1. The molecule has 2 rings (SSSR count). The molecule has 0 N–H and O–H groups in total. The number of nitrogens with zero attached hydrogens (tertiary/aromatic N) is 1. The van der Waals surface area contributed by atoms with Crippen molar-refractivity contribution in [1.82, 2.24) is 4.90 Å². The Balaban J connectivity index is 2.22. The van der Waals surface area contributed by atoms with Crippen LogP contribution in [0.15, 0.2) is 18.2 Å². The SMILES string of the molecule is CC(C)c1ccc(C(=O)N2CCCC2)cc1F. The number of carbonyl (C=O) groups excluding carboxylic acids is 1. The van der Waals surface area contributed by atoms with Gasteiger partial charge in [-0.2, -0.15) is 0 Å². The fraction of sp³-hybridized carbons (Fsp3) is 0.500. The number of amides is 1. The maximum Gasteiger partial charge on any atom is 0.253 e. The molecule has 0 saturated carbocycles. The number of hydrogen-bond donors (Lipinski definition) is 0. The summed E-state index contributed by atoms with van der Waals surface area (Å²) in [5.41, 5.74) is 1.14. The minimum Gasteiger partial charge on any atom is -0.339 e. The van der Waals surface area contributed by atoms with E-state index in [0.29, 0.717) is 11.1 Å². The highest BCUT2D eigenvalue weighted by Crippen LogP contribution is 2.21. The topological polar surface area (TPSA) is 20.3 Å². The second-order valence-electron chi connectivity index (χ2n) is 4.89. The van der Waals surface area contributed by atoms with Crippen LogP contribution in [0.25, 0.3) is 0 Å². The van der Waals surface area contributed by atoms with Gasteiger partial charge in [-0.05, 0) is 36.5 Å². The molecule has 92 valence electrons. The molecule has 0 aliphatic carbocycles. The van der Waals surface area contributed by atoms with Crippen LogP contribution in [0.3, 0.4) is 0 Å². The zero-order chi connectivity index (χ0) is 12.4. The van der Waals surface area contributed by atoms with Crippen LogP contribution in [0.1, 0.15) is 48.5 Å². The maximum atomic E-state index is 13.8. The maximum absolute atomic E-state index is 13.8. The van der Waals surface area contributed by atoms with E-state index in [1.807, 2.05) is 13.8 Å². The fourth-order valence-corrected chi connectivity index (χ4v) is 2.23. The lowest BCUT2D eigenvalue weighted by atomic mass is 10.0. The largest absolute Gasteiger partial charge is 0.339 e. The minimum absolute atomic E-state index is 0.0447. The second-order valence-corrected chi connectivity index (χ2v) is 4.89. The van der Waals surface area contributed by atoms with Crippen LogP contribution in [0.5, 0.6) is 0 Å². The Bertz CT molecular complexity index is 422. The van der Waals surface area contributed by atoms with Gasteiger partial charge in [-0.3, -0.25) is 4.79 Å². The van der Waals surface area contributed by atoms with Gasteiger partial charge in [-0.1, -0.05) is 19.9 Å². The van der Waals surface area contributed by atoms with E-state index in [0.717, 1.165) is 25.9 Å². The third-order valence-electron chi connectivity index (χ3n) is 3.26. The van der Waals surface area contributed by atoms with Crippen molar-refractivity contribution < 1.29 is 9.18 Å². The summed E-state index contributed by atoms with van der Waals surface area (Å²) in [5, 5.41) is 0. The van der Waals surface area contributed by atoms with Crippen LogP contribution in [0, 0.1) is 5.82 Å². The average molecular weight is 235 g/mol. The number of rotatable bonds is 2. The van der Waals surface area contributed by atoms with Gasteiger partial charge in [0.2, 0.25) is 0 Å². The zero-order valence-corrected chi connectivity index (χ0v) is 10.4. The van der Waals surface area contributed by atoms with Gasteiger partial charge in [0.05, 0.1) is 0 Å². The number of halogens is 1. The van der Waals surface area contributed by atoms with E-state index in [1.54, 1.807) is 17.0 Å². The minimum atomic E-state index is -0.273. The van der Waals surface area contributed by atoms with Crippen molar-refractivity contribution in [3.05, 3.63) is 35.1 Å². The predicted octanol–water partition coefficient (Wildman–Crippen LogP) is 3.19. The molecule has 2 nitrogen and oxygen atoms in total. The first-order valence-corrected chi connectivity index (χ1v) is 6.18. The average Bonchev–Trinajstić information content (AvgIpc) is 2.80. The Morgan fingerprint density at radius 2 is 1.94 bits per heavy atom. The molecule has 1 fully saturated rings. The molecule has 0 radical (unpaired) electrons. The van der Waals surface area contributed by atoms with Gasteiger partial charge in [-0.25, -0.2) is 4.39 Å². The summed E-state index contributed by atoms with van der Waals surface area (Å²) in [4.78, 5) is 13.8. The normalized spacial score (nSPS) is 15.6. The van der Waals surface area contributed by atoms with Crippen molar-refractivity contribution in [2.24, 2.45) is 0 Å². The van der Waals surface area contributed by atoms with Crippen LogP contribution in [-0.4, -0.2) is 23.9 Å². The number of hydrogen-bond acceptors (Lipinski definition) is 1. The summed E-state index contributed by atoms with van der Waals surface area (Å²) in [6.45, 7) is 5.49. The molecule has 1 aliphatic rings. The first-order valence-electron chi connectivity index (χ1n) is 6.18. The molecule has 3 heteroatoms. The van der Waals surface area contributed by atoms with E-state index in [4.69, 9.17) is 0 Å². The summed E-state index contributed by atoms with van der Waals surface area (Å²) in [7, 11) is 0. The number of likely N-dealkylation sites (tertiary alicyclic amines) is 1. The van der Waals surface area contributed by atoms with Crippen LogP contribution in [-0.2, 0) is 0 Å². The molecule has 0 bridgehead atoms. The van der Waals surface area contributed by atoms with Gasteiger partial charge in [0, 0.05) is 18.7 Å². The lowest BCUT2D eigenvalue weighted by Crippen LogP contribution is -2.27. The first kappa shape index (κ1) is 12.1. The van der Waals surface area contributed by atoms with Crippen molar-refractivity contribution in [1.29, 1.82) is 0 Å². The molecular formula is C14H18FNO. The summed E-state index contributed by atoms with van der Waals surface area (Å²) >= 11 is 0. The van der Waals surface area contributed by atoms with Gasteiger partial charge in [0.1, 0.15) is 5.82 Å². The zero-order valence-electron chi connectivity index (χ0n) is 10.4. The third kappa shape index (κ3) is 2.48. The molecule has 0 unspecified atom stereocenters. The van der Waals surface area contributed by atoms with Crippen LogP contribution >= 0.6 is 0 Å². The highest BCUT2D eigenvalue weighted by Gasteiger charge is 2.20. The van der Waals surface area contributed by atoms with E-state index in [2.05, 4.69) is 0 Å². The molecule has 1 saturated heterocycles. The Morgan fingerprint density at radius 3 is 2.47 bits per heavy atom. The predicted molar refractivity (Wildman–Crippen MR) is 65.6 cm³/mol. The first-order chi connectivity index (χ1) is 8.09. The number of carbonyl (C=O) groups is 1. The smallest absolute Gasteiger partial charge is 0.253 e. The monoisotopic (exact) mass is 235 g/mol. The molecule has 1 aliphatic heterocycles. The van der Waals surface area contributed by atoms with Gasteiger partial charge in [-0.15, -0.1) is 0 Å². The Kier molecular flexibility index (Phi) is 3.46. The Labute approximate surface area is 101 Å². The third-order valence-corrected chi connectivity index (χ3v) is 3.26. The van der Waals surface area contributed by atoms with Crippen LogP contribution in [0.2, 0.25) is 0 Å². The van der Waals surface area contributed by atoms with Gasteiger partial charge in [0.15, 0.2) is 0 Å². The molecule has 0 atom stereocenters. The van der Waals surface area contributed by atoms with Crippen LogP contribution in [0.4, 0.5) is 4.39 Å². The van der Waals surface area contributed by atoms with Crippen molar-refractivity contribution in [3.63, 3.8) is 0 Å². The van der Waals surface area contributed by atoms with Crippen molar-refractivity contribution in [2.45, 2.75) is 32.6 Å². The van der Waals surface area contributed by atoms with Crippen molar-refractivity contribution in [3.8, 4) is 0 Å². The lowest BCUT2D eigenvalue weighted by molar-refractivity contribution is 0.0792. The van der Waals surface area contributed by atoms with Gasteiger partial charge >= 0.3 is 0 Å². The van der Waals surface area contributed by atoms with Crippen molar-refractivity contribution in [2.75, 3.05) is 13.1 Å². The fourth-order valence-electron chi connectivity index (χ4n) is 2.23. The van der Waals surface area contributed by atoms with Crippen molar-refractivity contribution >= 4 is 5.91 Å². The molecule has 1 aromatic rings. The van der Waals surface area contributed by atoms with Gasteiger partial charge < -0.3 is 4.90 Å². The number of benzene rings is 1. The van der Waals surface area contributed by atoms with E-state index >= 15 is 0 Å². The summed E-state index contributed by atoms with van der Waals surface area (Å²) < 4.78 is 13.8. The van der Waals surface area contributed by atoms with E-state index in [1.165, 1.54) is 6.07 Å². The van der Waals surface area contributed by atoms with E-state index in [9.17, 15) is 9.18 Å². The highest BCUT2D eigenvalue weighted by molar-refractivity contribution is 5.94. The Hall–Kier alpha value is -1.38. The van der Waals surface area contributed by atoms with Crippen LogP contribution < -0.4 is 0 Å². The summed E-state index contributed by atoms with van der Waals surface area (Å²) in [6.07, 6.45) is 2.11. The quantitative estimate of drug-likeness (QED) is 0.771. The van der Waals surface area contributed by atoms with E-state index < -0.39 is 0 Å². The van der Waals surface area contributed by atoms with E-state index in [-0.39, 0.29) is 17.6 Å². The Morgan fingerprint density at radius 1 is 1.29 bits per heavy atom. The molecule has 0 aromatic heterocycles. The molecule has 17 heavy (non-hydrogen) atoms. The lowest BCUT2D eigenvalue weighted by Gasteiger charge is -2.16.